The number of sulfonamides is 1. The van der Waals surface area contributed by atoms with Gasteiger partial charge in [-0.3, -0.25) is 4.79 Å². The second kappa shape index (κ2) is 8.27. The number of hydrogen-bond acceptors (Lipinski definition) is 7. The van der Waals surface area contributed by atoms with E-state index >= 15 is 0 Å². The standard InChI is InChI=1S/C19H16N6O4S/c26-19(14-6-8-16(9-7-14)25-13-20-23-24-25)22-15-3-1-5-18(11-15)30(27,28)21-12-17-4-2-10-29-17/h1-11,13,21H,12H2,(H,22,26). The van der Waals surface area contributed by atoms with Crippen LogP contribution in [0.2, 0.25) is 0 Å². The summed E-state index contributed by atoms with van der Waals surface area (Å²) in [7, 11) is -3.77. The number of amides is 1. The molecule has 0 aliphatic carbocycles. The van der Waals surface area contributed by atoms with Crippen molar-refractivity contribution in [3.63, 3.8) is 0 Å². The van der Waals surface area contributed by atoms with E-state index in [-0.39, 0.29) is 17.3 Å². The third-order valence-electron chi connectivity index (χ3n) is 4.16. The predicted molar refractivity (Wildman–Crippen MR) is 106 cm³/mol. The molecule has 0 atom stereocenters. The van der Waals surface area contributed by atoms with Crippen LogP contribution >= 0.6 is 0 Å². The van der Waals surface area contributed by atoms with Gasteiger partial charge in [0.25, 0.3) is 5.91 Å². The highest BCUT2D eigenvalue weighted by atomic mass is 32.2. The molecule has 0 saturated heterocycles. The summed E-state index contributed by atoms with van der Waals surface area (Å²) < 4.78 is 34.0. The molecule has 4 rings (SSSR count). The summed E-state index contributed by atoms with van der Waals surface area (Å²) in [5.41, 5.74) is 1.45. The molecular weight excluding hydrogens is 408 g/mol. The molecule has 2 aromatic carbocycles. The third-order valence-corrected chi connectivity index (χ3v) is 5.56. The van der Waals surface area contributed by atoms with Gasteiger partial charge in [0.05, 0.1) is 23.4 Å². The van der Waals surface area contributed by atoms with Gasteiger partial charge in [-0.1, -0.05) is 6.07 Å². The van der Waals surface area contributed by atoms with E-state index in [0.29, 0.717) is 22.7 Å². The van der Waals surface area contributed by atoms with Crippen LogP contribution in [0.25, 0.3) is 5.69 Å². The molecule has 0 bridgehead atoms. The summed E-state index contributed by atoms with van der Waals surface area (Å²) in [6.07, 6.45) is 2.91. The topological polar surface area (TPSA) is 132 Å². The monoisotopic (exact) mass is 424 g/mol. The predicted octanol–water partition coefficient (Wildman–Crippen LogP) is 1.99. The molecule has 11 heteroatoms. The van der Waals surface area contributed by atoms with Crippen LogP contribution in [0, 0.1) is 0 Å². The van der Waals surface area contributed by atoms with Gasteiger partial charge in [-0.05, 0) is 65.0 Å². The van der Waals surface area contributed by atoms with Gasteiger partial charge in [-0.25, -0.2) is 17.8 Å². The number of anilines is 1. The lowest BCUT2D eigenvalue weighted by atomic mass is 10.2. The van der Waals surface area contributed by atoms with Gasteiger partial charge in [-0.2, -0.15) is 0 Å². The zero-order valence-electron chi connectivity index (χ0n) is 15.5. The number of carbonyl (C=O) groups excluding carboxylic acids is 1. The smallest absolute Gasteiger partial charge is 0.255 e. The number of nitrogens with zero attached hydrogens (tertiary/aromatic N) is 4. The molecule has 30 heavy (non-hydrogen) atoms. The Morgan fingerprint density at radius 3 is 2.60 bits per heavy atom. The Hall–Kier alpha value is -3.83. The largest absolute Gasteiger partial charge is 0.468 e. The zero-order chi connectivity index (χ0) is 21.0. The highest BCUT2D eigenvalue weighted by Crippen LogP contribution is 2.17. The van der Waals surface area contributed by atoms with Gasteiger partial charge < -0.3 is 9.73 Å². The summed E-state index contributed by atoms with van der Waals surface area (Å²) in [5, 5.41) is 13.6. The number of tetrazole rings is 1. The molecule has 0 spiro atoms. The maximum atomic E-state index is 12.5. The average molecular weight is 424 g/mol. The van der Waals surface area contributed by atoms with Crippen LogP contribution in [-0.2, 0) is 16.6 Å². The molecule has 2 heterocycles. The SMILES string of the molecule is O=C(Nc1cccc(S(=O)(=O)NCc2ccco2)c1)c1ccc(-n2cnnn2)cc1. The number of nitrogens with one attached hydrogen (secondary N) is 2. The second-order valence-corrected chi connectivity index (χ2v) is 7.95. The van der Waals surface area contributed by atoms with Gasteiger partial charge >= 0.3 is 0 Å². The van der Waals surface area contributed by atoms with Crippen LogP contribution in [0.1, 0.15) is 16.1 Å². The quantitative estimate of drug-likeness (QED) is 0.464. The lowest BCUT2D eigenvalue weighted by molar-refractivity contribution is 0.102. The summed E-state index contributed by atoms with van der Waals surface area (Å²) in [6, 6.07) is 16.0. The van der Waals surface area contributed by atoms with E-state index in [2.05, 4.69) is 25.6 Å². The van der Waals surface area contributed by atoms with Gasteiger partial charge in [0.1, 0.15) is 12.1 Å². The van der Waals surface area contributed by atoms with Crippen molar-refractivity contribution in [2.75, 3.05) is 5.32 Å². The second-order valence-electron chi connectivity index (χ2n) is 6.19. The lowest BCUT2D eigenvalue weighted by Gasteiger charge is -2.09. The molecule has 0 aliphatic rings. The fourth-order valence-electron chi connectivity index (χ4n) is 2.65. The highest BCUT2D eigenvalue weighted by Gasteiger charge is 2.16. The Balaban J connectivity index is 1.45. The molecular formula is C19H16N6O4S. The van der Waals surface area contributed by atoms with Gasteiger partial charge in [0.2, 0.25) is 10.0 Å². The molecule has 0 saturated carbocycles. The van der Waals surface area contributed by atoms with E-state index in [1.54, 1.807) is 48.5 Å². The summed E-state index contributed by atoms with van der Waals surface area (Å²) in [6.45, 7) is 0.0273. The summed E-state index contributed by atoms with van der Waals surface area (Å²) in [4.78, 5) is 12.5. The van der Waals surface area contributed by atoms with E-state index in [0.717, 1.165) is 0 Å². The highest BCUT2D eigenvalue weighted by molar-refractivity contribution is 7.89. The molecule has 4 aromatic rings. The normalized spacial score (nSPS) is 11.3. The van der Waals surface area contributed by atoms with E-state index in [1.165, 1.54) is 29.4 Å². The van der Waals surface area contributed by atoms with E-state index in [1.807, 2.05) is 0 Å². The fourth-order valence-corrected chi connectivity index (χ4v) is 3.69. The molecule has 2 aromatic heterocycles. The Bertz CT molecular complexity index is 1240. The van der Waals surface area contributed by atoms with E-state index in [4.69, 9.17) is 4.42 Å². The molecule has 152 valence electrons. The fraction of sp³-hybridized carbons (Fsp3) is 0.0526. The van der Waals surface area contributed by atoms with Crippen LogP contribution in [0.15, 0.2) is 82.6 Å². The molecule has 0 radical (unpaired) electrons. The van der Waals surface area contributed by atoms with Crippen molar-refractivity contribution in [3.8, 4) is 5.69 Å². The maximum absolute atomic E-state index is 12.5. The number of aromatic nitrogens is 4. The Morgan fingerprint density at radius 1 is 1.07 bits per heavy atom. The first-order valence-corrected chi connectivity index (χ1v) is 10.3. The summed E-state index contributed by atoms with van der Waals surface area (Å²) >= 11 is 0. The minimum atomic E-state index is -3.77. The van der Waals surface area contributed by atoms with Crippen molar-refractivity contribution in [1.29, 1.82) is 0 Å². The van der Waals surface area contributed by atoms with Crippen molar-refractivity contribution in [2.45, 2.75) is 11.4 Å². The third kappa shape index (κ3) is 4.42. The minimum Gasteiger partial charge on any atom is -0.468 e. The van der Waals surface area contributed by atoms with E-state index < -0.39 is 10.0 Å². The first kappa shape index (κ1) is 19.5. The molecule has 0 fully saturated rings. The zero-order valence-corrected chi connectivity index (χ0v) is 16.3. The van der Waals surface area contributed by atoms with Crippen LogP contribution in [0.4, 0.5) is 5.69 Å². The number of benzene rings is 2. The number of furan rings is 1. The van der Waals surface area contributed by atoms with Crippen molar-refractivity contribution in [3.05, 3.63) is 84.6 Å². The van der Waals surface area contributed by atoms with E-state index in [9.17, 15) is 13.2 Å². The first-order valence-electron chi connectivity index (χ1n) is 8.78. The number of hydrogen-bond donors (Lipinski definition) is 2. The first-order chi connectivity index (χ1) is 14.5. The minimum absolute atomic E-state index is 0.0273. The van der Waals surface area contributed by atoms with Crippen molar-refractivity contribution in [2.24, 2.45) is 0 Å². The molecule has 10 nitrogen and oxygen atoms in total. The maximum Gasteiger partial charge on any atom is 0.255 e. The Labute approximate surface area is 171 Å². The molecule has 0 unspecified atom stereocenters. The number of carbonyl (C=O) groups is 1. The van der Waals surface area contributed by atoms with Crippen molar-refractivity contribution in [1.82, 2.24) is 24.9 Å². The Kier molecular flexibility index (Phi) is 5.37. The van der Waals surface area contributed by atoms with Crippen LogP contribution < -0.4 is 10.0 Å². The Morgan fingerprint density at radius 2 is 1.90 bits per heavy atom. The van der Waals surface area contributed by atoms with Crippen molar-refractivity contribution < 1.29 is 17.6 Å². The molecule has 0 aliphatic heterocycles. The average Bonchev–Trinajstić information content (AvgIpc) is 3.47. The summed E-state index contributed by atoms with van der Waals surface area (Å²) in [5.74, 6) is 0.115. The van der Waals surface area contributed by atoms with Crippen LogP contribution in [-0.4, -0.2) is 34.5 Å². The lowest BCUT2D eigenvalue weighted by Crippen LogP contribution is -2.23. The molecule has 2 N–H and O–H groups in total. The van der Waals surface area contributed by atoms with Crippen LogP contribution in [0.5, 0.6) is 0 Å². The van der Waals surface area contributed by atoms with Gasteiger partial charge in [0.15, 0.2) is 0 Å². The van der Waals surface area contributed by atoms with Gasteiger partial charge in [-0.15, -0.1) is 5.10 Å². The number of rotatable bonds is 7. The van der Waals surface area contributed by atoms with Crippen molar-refractivity contribution >= 4 is 21.6 Å². The van der Waals surface area contributed by atoms with Gasteiger partial charge in [0, 0.05) is 11.3 Å². The molecule has 1 amide bonds. The van der Waals surface area contributed by atoms with Crippen LogP contribution in [0.3, 0.4) is 0 Å².